The van der Waals surface area contributed by atoms with Crippen molar-refractivity contribution in [3.63, 3.8) is 0 Å². The number of rotatable bonds is 17. The molecule has 0 radical (unpaired) electrons. The molecule has 0 aliphatic carbocycles. The number of hydrogen-bond acceptors (Lipinski definition) is 18. The molecule has 2 aromatic heterocycles. The second-order valence-corrected chi connectivity index (χ2v) is 12.7. The largest absolute Gasteiger partial charge is 0.493 e. The van der Waals surface area contributed by atoms with Gasteiger partial charge in [0.1, 0.15) is 35.7 Å². The Labute approximate surface area is 359 Å². The van der Waals surface area contributed by atoms with Crippen molar-refractivity contribution < 1.29 is 67.3 Å². The number of carbonyl (C=O) groups is 3. The van der Waals surface area contributed by atoms with Crippen molar-refractivity contribution in [2.75, 3.05) is 61.9 Å². The number of aliphatic hydroxyl groups is 3. The molecule has 0 spiro atoms. The third-order valence-electron chi connectivity index (χ3n) is 9.11. The summed E-state index contributed by atoms with van der Waals surface area (Å²) in [5, 5.41) is 26.4. The fourth-order valence-corrected chi connectivity index (χ4v) is 6.38. The van der Waals surface area contributed by atoms with Gasteiger partial charge in [-0.2, -0.15) is 0 Å². The average Bonchev–Trinajstić information content (AvgIpc) is 3.66. The quantitative estimate of drug-likeness (QED) is 0.0385. The number of carbonyl (C=O) groups excluding carboxylic acids is 3. The molecule has 0 amide bonds. The first-order chi connectivity index (χ1) is 29.9. The van der Waals surface area contributed by atoms with Crippen LogP contribution >= 0.6 is 0 Å². The van der Waals surface area contributed by atoms with Crippen LogP contribution in [0.2, 0.25) is 0 Å². The summed E-state index contributed by atoms with van der Waals surface area (Å²) in [6, 6.07) is 3.80. The molecule has 62 heavy (non-hydrogen) atoms. The molecule has 1 aliphatic heterocycles. The normalized spacial score (nSPS) is 12.3. The summed E-state index contributed by atoms with van der Waals surface area (Å²) in [7, 11) is 6.58. The molecule has 3 heterocycles. The Morgan fingerprint density at radius 2 is 1.52 bits per heavy atom. The van der Waals surface area contributed by atoms with Gasteiger partial charge in [0.05, 0.1) is 40.2 Å². The lowest BCUT2D eigenvalue weighted by atomic mass is 9.90. The van der Waals surface area contributed by atoms with E-state index in [4.69, 9.17) is 59.9 Å². The number of hydrogen-bond donors (Lipinski definition) is 6. The topological polar surface area (TPSA) is 290 Å². The highest BCUT2D eigenvalue weighted by Crippen LogP contribution is 2.53. The minimum atomic E-state index is -1.34. The monoisotopic (exact) mass is 872 g/mol. The molecular formula is C43H60N4O15. The number of aryl methyl sites for hydroxylation is 2. The van der Waals surface area contributed by atoms with Gasteiger partial charge in [-0.3, -0.25) is 4.79 Å². The Balaban J connectivity index is 0.00000154. The Morgan fingerprint density at radius 3 is 2.03 bits per heavy atom. The van der Waals surface area contributed by atoms with Gasteiger partial charge in [-0.1, -0.05) is 33.8 Å². The smallest absolute Gasteiger partial charge is 0.361 e. The van der Waals surface area contributed by atoms with Crippen molar-refractivity contribution in [1.82, 2.24) is 4.57 Å². The number of esters is 2. The summed E-state index contributed by atoms with van der Waals surface area (Å²) in [6.07, 6.45) is 3.08. The summed E-state index contributed by atoms with van der Waals surface area (Å²) in [5.41, 5.74) is 19.1. The van der Waals surface area contributed by atoms with Crippen LogP contribution in [0.25, 0.3) is 39.4 Å². The summed E-state index contributed by atoms with van der Waals surface area (Å²) < 4.78 is 46.2. The fourth-order valence-electron chi connectivity index (χ4n) is 6.38. The van der Waals surface area contributed by atoms with Gasteiger partial charge >= 0.3 is 17.6 Å². The van der Waals surface area contributed by atoms with Crippen LogP contribution in [0.15, 0.2) is 39.2 Å². The van der Waals surface area contributed by atoms with Gasteiger partial charge in [0.25, 0.3) is 6.47 Å². The Kier molecular flexibility index (Phi) is 21.8. The van der Waals surface area contributed by atoms with Crippen LogP contribution in [0.4, 0.5) is 0 Å². The van der Waals surface area contributed by atoms with E-state index in [1.165, 1.54) is 40.6 Å². The second kappa shape index (κ2) is 25.9. The molecule has 0 saturated carbocycles. The van der Waals surface area contributed by atoms with Crippen LogP contribution in [0.5, 0.6) is 28.7 Å². The molecule has 4 aromatic rings. The summed E-state index contributed by atoms with van der Waals surface area (Å²) in [4.78, 5) is 50.9. The van der Waals surface area contributed by atoms with Crippen molar-refractivity contribution >= 4 is 35.4 Å². The molecular weight excluding hydrogens is 812 g/mol. The molecule has 19 heteroatoms. The number of aliphatic hydroxyl groups excluding tert-OH is 3. The van der Waals surface area contributed by atoms with Gasteiger partial charge < -0.3 is 74.7 Å². The Hall–Kier alpha value is -5.80. The van der Waals surface area contributed by atoms with Crippen molar-refractivity contribution in [2.45, 2.75) is 65.6 Å². The van der Waals surface area contributed by atoms with Crippen LogP contribution in [0.3, 0.4) is 0 Å². The third kappa shape index (κ3) is 11.6. The Morgan fingerprint density at radius 1 is 0.903 bits per heavy atom. The fraction of sp³-hybridized carbons (Fsp3) is 0.442. The van der Waals surface area contributed by atoms with E-state index < -0.39 is 42.9 Å². The van der Waals surface area contributed by atoms with Crippen molar-refractivity contribution in [3.05, 3.63) is 57.3 Å². The average molecular weight is 873 g/mol. The molecule has 0 bridgehead atoms. The third-order valence-corrected chi connectivity index (χ3v) is 9.11. The maximum absolute atomic E-state index is 14.1. The summed E-state index contributed by atoms with van der Waals surface area (Å²) in [5.74, 6) is -1.16. The molecule has 2 atom stereocenters. The Bertz CT molecular complexity index is 2210. The van der Waals surface area contributed by atoms with E-state index in [1.807, 2.05) is 20.8 Å². The lowest BCUT2D eigenvalue weighted by Gasteiger charge is -2.26. The first-order valence-electron chi connectivity index (χ1n) is 19.7. The molecule has 2 aromatic carbocycles. The molecule has 2 unspecified atom stereocenters. The number of aromatic nitrogens is 1. The maximum Gasteiger partial charge on any atom is 0.361 e. The molecule has 5 rings (SSSR count). The van der Waals surface area contributed by atoms with Crippen molar-refractivity contribution in [1.29, 1.82) is 0 Å². The molecule has 1 aliphatic rings. The summed E-state index contributed by atoms with van der Waals surface area (Å²) >= 11 is 0. The molecule has 342 valence electrons. The molecule has 0 saturated heterocycles. The van der Waals surface area contributed by atoms with E-state index in [0.717, 1.165) is 20.1 Å². The van der Waals surface area contributed by atoms with Crippen molar-refractivity contribution in [3.8, 4) is 51.1 Å². The van der Waals surface area contributed by atoms with Crippen LogP contribution in [-0.2, 0) is 43.2 Å². The number of benzene rings is 2. The van der Waals surface area contributed by atoms with Gasteiger partial charge in [0, 0.05) is 54.5 Å². The van der Waals surface area contributed by atoms with Gasteiger partial charge in [-0.25, -0.2) is 14.4 Å². The maximum atomic E-state index is 14.1. The summed E-state index contributed by atoms with van der Waals surface area (Å²) in [6.45, 7) is 7.77. The van der Waals surface area contributed by atoms with Gasteiger partial charge in [-0.15, -0.1) is 0 Å². The van der Waals surface area contributed by atoms with Crippen LogP contribution in [0, 0.1) is 0 Å². The highest BCUT2D eigenvalue weighted by Gasteiger charge is 2.35. The van der Waals surface area contributed by atoms with E-state index in [2.05, 4.69) is 6.92 Å². The lowest BCUT2D eigenvalue weighted by molar-refractivity contribution is -0.137. The van der Waals surface area contributed by atoms with Crippen LogP contribution in [0.1, 0.15) is 51.0 Å². The standard InChI is InChI=1S/C37H41N3O14.C3H9N.C2H6.CH4O/c1-6-20-26(12-19(16-47-2)51-17-43)53-37(46)32-30(20)29(18-7-8-25(27(11-18)48-3)52-35(44)23(38)14-41)31-22-13-28(49-4)34(50-5)33(21(22)9-10-40(31)32)54-36(45)24(39)15-42;1-2-3-4;2*1-2/h7-8,11-13,17,23-24,41-42H,6,9-10,14-16,38-39H2,1-5H3;2-4H2,1H3;1-2H3;2H,1H3/b19-12+;;;. The minimum Gasteiger partial charge on any atom is -0.493 e. The zero-order valence-corrected chi connectivity index (χ0v) is 36.7. The zero-order chi connectivity index (χ0) is 46.7. The van der Waals surface area contributed by atoms with E-state index in [-0.39, 0.29) is 71.8 Å². The first-order valence-corrected chi connectivity index (χ1v) is 19.7. The highest BCUT2D eigenvalue weighted by molar-refractivity contribution is 6.08. The van der Waals surface area contributed by atoms with E-state index >= 15 is 0 Å². The van der Waals surface area contributed by atoms with Gasteiger partial charge in [0.15, 0.2) is 23.0 Å². The van der Waals surface area contributed by atoms with E-state index in [0.29, 0.717) is 45.3 Å². The predicted octanol–water partition coefficient (Wildman–Crippen LogP) is 2.67. The number of methoxy groups -OCH3 is 4. The first kappa shape index (κ1) is 52.3. The van der Waals surface area contributed by atoms with Crippen molar-refractivity contribution in [2.24, 2.45) is 17.2 Å². The highest BCUT2D eigenvalue weighted by atomic mass is 16.6. The number of ether oxygens (including phenoxy) is 7. The SMILES string of the molecule is CC.CCCN.CCc1c(/C=C(\COC)OC=O)oc(=O)c2c1c(-c1ccc(OC(=O)C(N)CO)c(OC)c1)c1n2CCc2c-1cc(OC)c(OC)c2OC(=O)C(N)CO.CO. The number of nitrogens with two attached hydrogens (primary N) is 3. The number of fused-ring (bicyclic) bond motifs is 5. The van der Waals surface area contributed by atoms with E-state index in [9.17, 15) is 29.4 Å². The predicted molar refractivity (Wildman–Crippen MR) is 231 cm³/mol. The molecule has 19 nitrogen and oxygen atoms in total. The second-order valence-electron chi connectivity index (χ2n) is 12.7. The minimum absolute atomic E-state index is 0.0165. The van der Waals surface area contributed by atoms with Crippen LogP contribution in [-0.4, -0.2) is 112 Å². The van der Waals surface area contributed by atoms with Gasteiger partial charge in [-0.05, 0) is 49.6 Å². The van der Waals surface area contributed by atoms with E-state index in [1.54, 1.807) is 22.8 Å². The lowest BCUT2D eigenvalue weighted by Crippen LogP contribution is -2.37. The van der Waals surface area contributed by atoms with Crippen LogP contribution < -0.4 is 46.5 Å². The van der Waals surface area contributed by atoms with Gasteiger partial charge in [0.2, 0.25) is 5.75 Å². The number of nitrogens with zero attached hydrogens (tertiary/aromatic N) is 1. The zero-order valence-electron chi connectivity index (χ0n) is 36.7. The molecule has 0 fully saturated rings. The molecule has 9 N–H and O–H groups in total.